The smallest absolute Gasteiger partial charge is 0.0414 e. The first-order chi connectivity index (χ1) is 11.9. The van der Waals surface area contributed by atoms with E-state index in [4.69, 9.17) is 0 Å². The van der Waals surface area contributed by atoms with Crippen molar-refractivity contribution < 1.29 is 0 Å². The van der Waals surface area contributed by atoms with Crippen LogP contribution in [0.3, 0.4) is 0 Å². The number of hydrogen-bond donors (Lipinski definition) is 0. The van der Waals surface area contributed by atoms with Gasteiger partial charge >= 0.3 is 0 Å². The summed E-state index contributed by atoms with van der Waals surface area (Å²) in [6, 6.07) is 24.5. The van der Waals surface area contributed by atoms with Gasteiger partial charge in [0.2, 0.25) is 0 Å². The number of hydrogen-bond acceptors (Lipinski definition) is 0. The minimum Gasteiger partial charge on any atom is -0.0743 e. The Labute approximate surface area is 165 Å². The third-order valence-electron chi connectivity index (χ3n) is 4.78. The molecule has 0 aliphatic rings. The Bertz CT molecular complexity index is 870. The molecule has 0 bridgehead atoms. The van der Waals surface area contributed by atoms with Gasteiger partial charge in [-0.2, -0.15) is 0 Å². The molecular weight excluding hydrogens is 415 g/mol. The van der Waals surface area contributed by atoms with Crippen molar-refractivity contribution in [1.82, 2.24) is 0 Å². The minimum atomic E-state index is 0.112. The van der Waals surface area contributed by atoms with Gasteiger partial charge < -0.3 is 0 Å². The normalized spacial score (nSPS) is 11.6. The van der Waals surface area contributed by atoms with Gasteiger partial charge in [-0.25, -0.2) is 0 Å². The summed E-state index contributed by atoms with van der Waals surface area (Å²) in [6.45, 7) is 8.96. The van der Waals surface area contributed by atoms with Gasteiger partial charge in [0.25, 0.3) is 0 Å². The van der Waals surface area contributed by atoms with Gasteiger partial charge in [-0.1, -0.05) is 90.2 Å². The van der Waals surface area contributed by atoms with Crippen LogP contribution in [0.4, 0.5) is 0 Å². The lowest BCUT2D eigenvalue weighted by molar-refractivity contribution is 0.827. The second-order valence-corrected chi connectivity index (χ2v) is 9.80. The fourth-order valence-corrected chi connectivity index (χ4v) is 3.59. The third-order valence-corrected chi connectivity index (χ3v) is 5.40. The summed E-state index contributed by atoms with van der Waals surface area (Å²) >= 11 is 2.52. The maximum atomic E-state index is 2.52. The number of rotatable bonds is 4. The highest BCUT2D eigenvalue weighted by Gasteiger charge is 2.19. The number of benzene rings is 3. The van der Waals surface area contributed by atoms with Gasteiger partial charge in [-0.15, -0.1) is 0 Å². The molecule has 0 saturated carbocycles. The molecule has 0 nitrogen and oxygen atoms in total. The predicted molar refractivity (Wildman–Crippen MR) is 118 cm³/mol. The monoisotopic (exact) mass is 440 g/mol. The first-order valence-electron chi connectivity index (χ1n) is 8.89. The summed E-state index contributed by atoms with van der Waals surface area (Å²) in [4.78, 5) is 0. The SMILES string of the molecule is CCc1ccc(-c2ccc(C(C)(C)I)cc2-c2ccccc2)c(C)c1. The van der Waals surface area contributed by atoms with Gasteiger partial charge in [0.15, 0.2) is 0 Å². The van der Waals surface area contributed by atoms with Gasteiger partial charge in [0.1, 0.15) is 0 Å². The summed E-state index contributed by atoms with van der Waals surface area (Å²) < 4.78 is 0.112. The van der Waals surface area contributed by atoms with Crippen molar-refractivity contribution in [2.45, 2.75) is 37.5 Å². The van der Waals surface area contributed by atoms with Crippen molar-refractivity contribution in [3.8, 4) is 22.3 Å². The molecular formula is C24H25I. The molecule has 0 radical (unpaired) electrons. The fourth-order valence-electron chi connectivity index (χ4n) is 3.25. The fraction of sp³-hybridized carbons (Fsp3) is 0.250. The maximum Gasteiger partial charge on any atom is 0.0414 e. The molecule has 128 valence electrons. The van der Waals surface area contributed by atoms with Crippen LogP contribution in [0.2, 0.25) is 0 Å². The van der Waals surface area contributed by atoms with E-state index >= 15 is 0 Å². The Morgan fingerprint density at radius 3 is 2.08 bits per heavy atom. The molecule has 0 atom stereocenters. The maximum absolute atomic E-state index is 2.52. The van der Waals surface area contributed by atoms with Crippen LogP contribution in [0, 0.1) is 6.92 Å². The van der Waals surface area contributed by atoms with Gasteiger partial charge in [-0.3, -0.25) is 0 Å². The highest BCUT2D eigenvalue weighted by Crippen LogP contribution is 2.39. The van der Waals surface area contributed by atoms with Crippen LogP contribution in [0.15, 0.2) is 66.7 Å². The van der Waals surface area contributed by atoms with Crippen LogP contribution in [0.25, 0.3) is 22.3 Å². The molecule has 0 unspecified atom stereocenters. The quantitative estimate of drug-likeness (QED) is 0.290. The molecule has 1 heteroatoms. The molecule has 3 aromatic carbocycles. The topological polar surface area (TPSA) is 0 Å². The predicted octanol–water partition coefficient (Wildman–Crippen LogP) is 7.56. The second kappa shape index (κ2) is 7.33. The van der Waals surface area contributed by atoms with Crippen LogP contribution in [-0.2, 0) is 9.84 Å². The second-order valence-electron chi connectivity index (χ2n) is 7.10. The molecule has 0 aromatic heterocycles. The lowest BCUT2D eigenvalue weighted by Crippen LogP contribution is -2.06. The van der Waals surface area contributed by atoms with E-state index in [2.05, 4.69) is 117 Å². The molecule has 0 spiro atoms. The zero-order valence-electron chi connectivity index (χ0n) is 15.4. The first kappa shape index (κ1) is 18.2. The van der Waals surface area contributed by atoms with Crippen LogP contribution in [0.5, 0.6) is 0 Å². The molecule has 25 heavy (non-hydrogen) atoms. The number of alkyl halides is 1. The Morgan fingerprint density at radius 2 is 1.48 bits per heavy atom. The molecule has 3 aromatic rings. The Hall–Kier alpha value is -1.61. The average Bonchev–Trinajstić information content (AvgIpc) is 2.61. The van der Waals surface area contributed by atoms with Crippen molar-refractivity contribution >= 4 is 22.6 Å². The number of aryl methyl sites for hydroxylation is 2. The summed E-state index contributed by atoms with van der Waals surface area (Å²) in [5.74, 6) is 0. The van der Waals surface area contributed by atoms with E-state index in [0.29, 0.717) is 0 Å². The molecule has 0 aliphatic heterocycles. The van der Waals surface area contributed by atoms with Gasteiger partial charge in [-0.05, 0) is 72.2 Å². The Morgan fingerprint density at radius 1 is 0.800 bits per heavy atom. The van der Waals surface area contributed by atoms with Gasteiger partial charge in [0, 0.05) is 3.42 Å². The van der Waals surface area contributed by atoms with Crippen molar-refractivity contribution in [2.75, 3.05) is 0 Å². The Kier molecular flexibility index (Phi) is 5.33. The van der Waals surface area contributed by atoms with E-state index in [0.717, 1.165) is 6.42 Å². The van der Waals surface area contributed by atoms with Gasteiger partial charge in [0.05, 0.1) is 0 Å². The highest BCUT2D eigenvalue weighted by molar-refractivity contribution is 14.1. The zero-order chi connectivity index (χ0) is 18.0. The first-order valence-corrected chi connectivity index (χ1v) is 9.97. The molecule has 0 saturated heterocycles. The Balaban J connectivity index is 2.23. The van der Waals surface area contributed by atoms with E-state index in [1.165, 1.54) is 38.9 Å². The van der Waals surface area contributed by atoms with Crippen molar-refractivity contribution in [1.29, 1.82) is 0 Å². The molecule has 3 rings (SSSR count). The molecule has 0 amide bonds. The summed E-state index contributed by atoms with van der Waals surface area (Å²) in [5, 5.41) is 0. The van der Waals surface area contributed by atoms with Crippen molar-refractivity contribution in [2.24, 2.45) is 0 Å². The zero-order valence-corrected chi connectivity index (χ0v) is 17.6. The molecule has 0 heterocycles. The highest BCUT2D eigenvalue weighted by atomic mass is 127. The summed E-state index contributed by atoms with van der Waals surface area (Å²) in [5.41, 5.74) is 9.34. The lowest BCUT2D eigenvalue weighted by Gasteiger charge is -2.21. The van der Waals surface area contributed by atoms with Crippen LogP contribution < -0.4 is 0 Å². The van der Waals surface area contributed by atoms with E-state index in [1.54, 1.807) is 0 Å². The average molecular weight is 440 g/mol. The van der Waals surface area contributed by atoms with E-state index in [9.17, 15) is 0 Å². The van der Waals surface area contributed by atoms with Crippen molar-refractivity contribution in [3.05, 3.63) is 83.4 Å². The van der Waals surface area contributed by atoms with E-state index in [-0.39, 0.29) is 3.42 Å². The summed E-state index contributed by atoms with van der Waals surface area (Å²) in [6.07, 6.45) is 1.08. The largest absolute Gasteiger partial charge is 0.0743 e. The van der Waals surface area contributed by atoms with Crippen LogP contribution >= 0.6 is 22.6 Å². The van der Waals surface area contributed by atoms with Crippen LogP contribution in [-0.4, -0.2) is 0 Å². The molecule has 0 aliphatic carbocycles. The standard InChI is InChI=1S/C24H25I/c1-5-18-11-13-21(17(2)15-18)22-14-12-20(24(3,4)25)16-23(22)19-9-7-6-8-10-19/h6-16H,5H2,1-4H3. The molecule has 0 fully saturated rings. The van der Waals surface area contributed by atoms with Crippen molar-refractivity contribution in [3.63, 3.8) is 0 Å². The summed E-state index contributed by atoms with van der Waals surface area (Å²) in [7, 11) is 0. The molecule has 0 N–H and O–H groups in total. The lowest BCUT2D eigenvalue weighted by atomic mass is 9.88. The minimum absolute atomic E-state index is 0.112. The van der Waals surface area contributed by atoms with Crippen LogP contribution in [0.1, 0.15) is 37.5 Å². The third kappa shape index (κ3) is 3.98. The van der Waals surface area contributed by atoms with E-state index < -0.39 is 0 Å². The number of halogens is 1. The van der Waals surface area contributed by atoms with E-state index in [1.807, 2.05) is 0 Å².